The monoisotopic (exact) mass is 194 g/mol. The molecule has 3 heteroatoms. The molecule has 76 valence electrons. The van der Waals surface area contributed by atoms with Crippen molar-refractivity contribution in [1.29, 1.82) is 0 Å². The lowest BCUT2D eigenvalue weighted by atomic mass is 10.2. The number of carbonyl (C=O) groups is 1. The molecular formula is C11H14O3. The summed E-state index contributed by atoms with van der Waals surface area (Å²) in [6.07, 6.45) is 2.27. The Balaban J connectivity index is 3.39. The van der Waals surface area contributed by atoms with E-state index in [1.165, 1.54) is 7.11 Å². The Morgan fingerprint density at radius 1 is 1.29 bits per heavy atom. The minimum Gasteiger partial charge on any atom is -0.469 e. The van der Waals surface area contributed by atoms with E-state index in [0.29, 0.717) is 25.7 Å². The van der Waals surface area contributed by atoms with Crippen LogP contribution in [0.25, 0.3) is 0 Å². The van der Waals surface area contributed by atoms with Crippen molar-refractivity contribution in [2.24, 2.45) is 0 Å². The molecule has 0 atom stereocenters. The molecule has 1 N–H and O–H groups in total. The molecule has 0 amide bonds. The third kappa shape index (κ3) is 8.64. The van der Waals surface area contributed by atoms with E-state index in [1.54, 1.807) is 0 Å². The number of ether oxygens (including phenoxy) is 1. The Labute approximate surface area is 84.5 Å². The highest BCUT2D eigenvalue weighted by Gasteiger charge is 1.96. The normalized spacial score (nSPS) is 7.86. The van der Waals surface area contributed by atoms with Crippen LogP contribution in [0.5, 0.6) is 0 Å². The zero-order valence-electron chi connectivity index (χ0n) is 8.30. The van der Waals surface area contributed by atoms with Gasteiger partial charge in [0.2, 0.25) is 0 Å². The second-order valence-electron chi connectivity index (χ2n) is 2.47. The molecule has 0 radical (unpaired) electrons. The summed E-state index contributed by atoms with van der Waals surface area (Å²) in [6.45, 7) is -0.121. The standard InChI is InChI=1S/C11H14O3/c1-14-11(13)9-7-5-3-2-4-6-8-10-12/h12H,4-5,7,9-10H2,1H3. The molecule has 0 saturated heterocycles. The van der Waals surface area contributed by atoms with E-state index in [2.05, 4.69) is 28.4 Å². The van der Waals surface area contributed by atoms with E-state index in [1.807, 2.05) is 0 Å². The molecular weight excluding hydrogens is 180 g/mol. The van der Waals surface area contributed by atoms with Crippen molar-refractivity contribution in [3.63, 3.8) is 0 Å². The minimum absolute atomic E-state index is 0.121. The Hall–Kier alpha value is -1.45. The van der Waals surface area contributed by atoms with Crippen LogP contribution < -0.4 is 0 Å². The number of unbranched alkanes of at least 4 members (excludes halogenated alkanes) is 1. The average Bonchev–Trinajstić information content (AvgIpc) is 2.21. The van der Waals surface area contributed by atoms with Gasteiger partial charge in [0, 0.05) is 12.8 Å². The third-order valence-electron chi connectivity index (χ3n) is 1.42. The van der Waals surface area contributed by atoms with Crippen LogP contribution in [0.3, 0.4) is 0 Å². The number of esters is 1. The second kappa shape index (κ2) is 9.64. The Morgan fingerprint density at radius 2 is 2.00 bits per heavy atom. The van der Waals surface area contributed by atoms with Crippen molar-refractivity contribution >= 4 is 5.97 Å². The molecule has 0 bridgehead atoms. The summed E-state index contributed by atoms with van der Waals surface area (Å²) in [6, 6.07) is 0. The number of aliphatic hydroxyl groups excluding tert-OH is 1. The summed E-state index contributed by atoms with van der Waals surface area (Å²) in [5.41, 5.74) is 0. The van der Waals surface area contributed by atoms with E-state index >= 15 is 0 Å². The van der Waals surface area contributed by atoms with Gasteiger partial charge in [0.1, 0.15) is 6.61 Å². The maximum Gasteiger partial charge on any atom is 0.305 e. The smallest absolute Gasteiger partial charge is 0.305 e. The van der Waals surface area contributed by atoms with Gasteiger partial charge in [-0.15, -0.1) is 5.92 Å². The number of hydrogen-bond acceptors (Lipinski definition) is 3. The van der Waals surface area contributed by atoms with Gasteiger partial charge in [0.05, 0.1) is 13.5 Å². The number of hydrogen-bond donors (Lipinski definition) is 1. The summed E-state index contributed by atoms with van der Waals surface area (Å²) < 4.78 is 4.47. The summed E-state index contributed by atoms with van der Waals surface area (Å²) in [7, 11) is 1.37. The van der Waals surface area contributed by atoms with E-state index < -0.39 is 0 Å². The van der Waals surface area contributed by atoms with Gasteiger partial charge >= 0.3 is 5.97 Å². The molecule has 0 fully saturated rings. The minimum atomic E-state index is -0.202. The van der Waals surface area contributed by atoms with Crippen molar-refractivity contribution in [2.75, 3.05) is 13.7 Å². The highest BCUT2D eigenvalue weighted by Crippen LogP contribution is 1.95. The lowest BCUT2D eigenvalue weighted by molar-refractivity contribution is -0.140. The molecule has 0 heterocycles. The first-order chi connectivity index (χ1) is 6.81. The van der Waals surface area contributed by atoms with Crippen LogP contribution in [-0.4, -0.2) is 24.8 Å². The first kappa shape index (κ1) is 12.6. The van der Waals surface area contributed by atoms with Gasteiger partial charge in [-0.3, -0.25) is 4.79 Å². The second-order valence-corrected chi connectivity index (χ2v) is 2.47. The number of methoxy groups -OCH3 is 1. The molecule has 0 spiro atoms. The molecule has 0 saturated carbocycles. The van der Waals surface area contributed by atoms with Crippen molar-refractivity contribution < 1.29 is 14.6 Å². The van der Waals surface area contributed by atoms with E-state index in [-0.39, 0.29) is 12.6 Å². The predicted octanol–water partition coefficient (Wildman–Crippen LogP) is 0.719. The number of rotatable bonds is 3. The fourth-order valence-electron chi connectivity index (χ4n) is 0.737. The van der Waals surface area contributed by atoms with Crippen molar-refractivity contribution in [3.05, 3.63) is 0 Å². The van der Waals surface area contributed by atoms with Crippen LogP contribution in [0.1, 0.15) is 25.7 Å². The van der Waals surface area contributed by atoms with Crippen LogP contribution in [0.15, 0.2) is 0 Å². The molecule has 0 rings (SSSR count). The zero-order chi connectivity index (χ0) is 10.6. The van der Waals surface area contributed by atoms with Crippen LogP contribution in [0.4, 0.5) is 0 Å². The molecule has 0 aromatic rings. The predicted molar refractivity (Wildman–Crippen MR) is 53.1 cm³/mol. The highest BCUT2D eigenvalue weighted by molar-refractivity contribution is 5.69. The lowest BCUT2D eigenvalue weighted by Crippen LogP contribution is -1.98. The largest absolute Gasteiger partial charge is 0.469 e. The van der Waals surface area contributed by atoms with Crippen LogP contribution in [-0.2, 0) is 9.53 Å². The first-order valence-corrected chi connectivity index (χ1v) is 4.40. The van der Waals surface area contributed by atoms with E-state index in [4.69, 9.17) is 5.11 Å². The average molecular weight is 194 g/mol. The van der Waals surface area contributed by atoms with Gasteiger partial charge in [0.15, 0.2) is 0 Å². The zero-order valence-corrected chi connectivity index (χ0v) is 8.30. The molecule has 0 aromatic heterocycles. The van der Waals surface area contributed by atoms with Gasteiger partial charge in [-0.05, 0) is 6.42 Å². The Bertz CT molecular complexity index is 272. The first-order valence-electron chi connectivity index (χ1n) is 4.40. The maximum absolute atomic E-state index is 10.7. The lowest BCUT2D eigenvalue weighted by Gasteiger charge is -1.93. The van der Waals surface area contributed by atoms with E-state index in [0.717, 1.165) is 0 Å². The summed E-state index contributed by atoms with van der Waals surface area (Å²) in [5, 5.41) is 8.32. The maximum atomic E-state index is 10.7. The summed E-state index contributed by atoms with van der Waals surface area (Å²) in [5.74, 6) is 10.7. The Morgan fingerprint density at radius 3 is 2.64 bits per heavy atom. The van der Waals surface area contributed by atoms with Crippen molar-refractivity contribution in [3.8, 4) is 23.7 Å². The van der Waals surface area contributed by atoms with Crippen LogP contribution in [0, 0.1) is 23.7 Å². The van der Waals surface area contributed by atoms with Gasteiger partial charge in [-0.1, -0.05) is 17.8 Å². The molecule has 0 aliphatic rings. The Kier molecular flexibility index (Phi) is 8.64. The van der Waals surface area contributed by atoms with Gasteiger partial charge in [0.25, 0.3) is 0 Å². The fourth-order valence-corrected chi connectivity index (χ4v) is 0.737. The van der Waals surface area contributed by atoms with Crippen LogP contribution >= 0.6 is 0 Å². The van der Waals surface area contributed by atoms with E-state index in [9.17, 15) is 4.79 Å². The third-order valence-corrected chi connectivity index (χ3v) is 1.42. The molecule has 0 aromatic carbocycles. The van der Waals surface area contributed by atoms with Gasteiger partial charge in [-0.2, -0.15) is 0 Å². The van der Waals surface area contributed by atoms with Crippen LogP contribution in [0.2, 0.25) is 0 Å². The molecule has 0 aliphatic heterocycles. The summed E-state index contributed by atoms with van der Waals surface area (Å²) in [4.78, 5) is 10.7. The topological polar surface area (TPSA) is 46.5 Å². The molecule has 0 unspecified atom stereocenters. The fraction of sp³-hybridized carbons (Fsp3) is 0.545. The van der Waals surface area contributed by atoms with Crippen molar-refractivity contribution in [1.82, 2.24) is 0 Å². The van der Waals surface area contributed by atoms with Gasteiger partial charge < -0.3 is 9.84 Å². The molecule has 3 nitrogen and oxygen atoms in total. The SMILES string of the molecule is COC(=O)CCCC#CCC#CCO. The molecule has 14 heavy (non-hydrogen) atoms. The highest BCUT2D eigenvalue weighted by atomic mass is 16.5. The van der Waals surface area contributed by atoms with Crippen molar-refractivity contribution in [2.45, 2.75) is 25.7 Å². The summed E-state index contributed by atoms with van der Waals surface area (Å²) >= 11 is 0. The van der Waals surface area contributed by atoms with Gasteiger partial charge in [-0.25, -0.2) is 0 Å². The quantitative estimate of drug-likeness (QED) is 0.409. The number of aliphatic hydroxyl groups is 1. The molecule has 0 aliphatic carbocycles. The number of carbonyl (C=O) groups excluding carboxylic acids is 1.